The number of hydrogen-bond donors (Lipinski definition) is 1. The fourth-order valence-electron chi connectivity index (χ4n) is 0.835. The molecule has 0 atom stereocenters. The van der Waals surface area contributed by atoms with Crippen molar-refractivity contribution >= 4 is 29.2 Å². The van der Waals surface area contributed by atoms with Crippen molar-refractivity contribution in [1.29, 1.82) is 0 Å². The fraction of sp³-hybridized carbons (Fsp3) is 0.111. The van der Waals surface area contributed by atoms with Crippen LogP contribution >= 0.6 is 23.2 Å². The summed E-state index contributed by atoms with van der Waals surface area (Å²) in [6.45, 7) is 0. The first-order chi connectivity index (χ1) is 6.65. The lowest BCUT2D eigenvalue weighted by Gasteiger charge is -1.98. The van der Waals surface area contributed by atoms with Crippen LogP contribution in [-0.2, 0) is 0 Å². The van der Waals surface area contributed by atoms with Crippen molar-refractivity contribution in [3.8, 4) is 11.8 Å². The van der Waals surface area contributed by atoms with Crippen LogP contribution in [0.1, 0.15) is 15.9 Å². The van der Waals surface area contributed by atoms with Gasteiger partial charge in [-0.1, -0.05) is 23.4 Å². The molecule has 1 rings (SSSR count). The van der Waals surface area contributed by atoms with Gasteiger partial charge in [0.1, 0.15) is 5.15 Å². The first kappa shape index (κ1) is 10.8. The topological polar surface area (TPSA) is 50.2 Å². The molecule has 0 aliphatic heterocycles. The Bertz CT molecular complexity index is 421. The van der Waals surface area contributed by atoms with E-state index in [1.807, 2.05) is 0 Å². The highest BCUT2D eigenvalue weighted by molar-refractivity contribution is 6.29. The van der Waals surface area contributed by atoms with Crippen LogP contribution in [0, 0.1) is 11.8 Å². The molecule has 0 saturated heterocycles. The predicted octanol–water partition coefficient (Wildman–Crippen LogP) is 2.02. The monoisotopic (exact) mass is 229 g/mol. The summed E-state index contributed by atoms with van der Waals surface area (Å²) in [5.41, 5.74) is 0.338. The summed E-state index contributed by atoms with van der Waals surface area (Å²) in [5.74, 6) is 4.19. The zero-order valence-corrected chi connectivity index (χ0v) is 8.43. The Morgan fingerprint density at radius 1 is 1.64 bits per heavy atom. The summed E-state index contributed by atoms with van der Waals surface area (Å²) < 4.78 is 0. The van der Waals surface area contributed by atoms with Gasteiger partial charge in [-0.3, -0.25) is 0 Å². The molecule has 1 N–H and O–H groups in total. The highest BCUT2D eigenvalue weighted by atomic mass is 35.5. The molecule has 0 fully saturated rings. The number of carboxylic acid groups (broad SMARTS) is 1. The molecule has 1 heterocycles. The molecule has 0 spiro atoms. The smallest absolute Gasteiger partial charge is 0.337 e. The number of rotatable bonds is 1. The van der Waals surface area contributed by atoms with Gasteiger partial charge in [-0.15, -0.1) is 11.6 Å². The molecule has 1 aromatic rings. The Morgan fingerprint density at radius 3 is 2.93 bits per heavy atom. The van der Waals surface area contributed by atoms with Gasteiger partial charge in [0.15, 0.2) is 0 Å². The lowest BCUT2D eigenvalue weighted by Crippen LogP contribution is -2.01. The molecule has 0 aromatic carbocycles. The largest absolute Gasteiger partial charge is 0.478 e. The van der Waals surface area contributed by atoms with Crippen molar-refractivity contribution in [2.75, 3.05) is 5.88 Å². The minimum atomic E-state index is -1.09. The Balaban J connectivity index is 3.22. The van der Waals surface area contributed by atoms with Crippen molar-refractivity contribution in [3.63, 3.8) is 0 Å². The summed E-state index contributed by atoms with van der Waals surface area (Å²) in [4.78, 5) is 14.5. The normalized spacial score (nSPS) is 9.00. The first-order valence-electron chi connectivity index (χ1n) is 3.59. The van der Waals surface area contributed by atoms with Crippen molar-refractivity contribution < 1.29 is 9.90 Å². The Labute approximate surface area is 90.7 Å². The van der Waals surface area contributed by atoms with Crippen LogP contribution < -0.4 is 0 Å². The molecular formula is C9H5Cl2NO2. The van der Waals surface area contributed by atoms with Gasteiger partial charge in [0.2, 0.25) is 0 Å². The van der Waals surface area contributed by atoms with Crippen molar-refractivity contribution in [2.24, 2.45) is 0 Å². The van der Waals surface area contributed by atoms with E-state index in [1.165, 1.54) is 12.3 Å². The zero-order valence-electron chi connectivity index (χ0n) is 6.92. The van der Waals surface area contributed by atoms with Crippen LogP contribution in [0.3, 0.4) is 0 Å². The number of alkyl halides is 1. The fourth-order valence-corrected chi connectivity index (χ4v) is 1.06. The third-order valence-electron chi connectivity index (χ3n) is 1.39. The van der Waals surface area contributed by atoms with E-state index in [1.54, 1.807) is 0 Å². The number of nitrogens with zero attached hydrogens (tertiary/aromatic N) is 1. The summed E-state index contributed by atoms with van der Waals surface area (Å²) >= 11 is 10.9. The summed E-state index contributed by atoms with van der Waals surface area (Å²) in [5, 5.41) is 8.93. The molecule has 0 aliphatic rings. The van der Waals surface area contributed by atoms with Gasteiger partial charge >= 0.3 is 5.97 Å². The van der Waals surface area contributed by atoms with Crippen LogP contribution in [0.15, 0.2) is 12.3 Å². The molecule has 3 nitrogen and oxygen atoms in total. The van der Waals surface area contributed by atoms with Crippen molar-refractivity contribution in [1.82, 2.24) is 4.98 Å². The van der Waals surface area contributed by atoms with Gasteiger partial charge in [-0.25, -0.2) is 9.78 Å². The van der Waals surface area contributed by atoms with Crippen LogP contribution in [0.25, 0.3) is 0 Å². The van der Waals surface area contributed by atoms with Crippen LogP contribution in [-0.4, -0.2) is 21.9 Å². The number of carboxylic acids is 1. The summed E-state index contributed by atoms with van der Waals surface area (Å²) in [6, 6.07) is 1.25. The molecule has 0 aliphatic carbocycles. The Kier molecular flexibility index (Phi) is 3.75. The number of pyridine rings is 1. The molecule has 72 valence electrons. The molecule has 0 bridgehead atoms. The number of hydrogen-bond acceptors (Lipinski definition) is 2. The maximum Gasteiger partial charge on any atom is 0.337 e. The first-order valence-corrected chi connectivity index (χ1v) is 4.50. The highest BCUT2D eigenvalue weighted by Gasteiger charge is 2.09. The third-order valence-corrected chi connectivity index (χ3v) is 1.73. The minimum absolute atomic E-state index is 0.0302. The Morgan fingerprint density at radius 2 is 2.36 bits per heavy atom. The number of halogens is 2. The Hall–Kier alpha value is -1.24. The predicted molar refractivity (Wildman–Crippen MR) is 53.8 cm³/mol. The molecule has 5 heteroatoms. The van der Waals surface area contributed by atoms with E-state index in [4.69, 9.17) is 28.3 Å². The van der Waals surface area contributed by atoms with Crippen LogP contribution in [0.5, 0.6) is 0 Å². The zero-order chi connectivity index (χ0) is 10.6. The van der Waals surface area contributed by atoms with Gasteiger partial charge in [-0.05, 0) is 6.07 Å². The molecular weight excluding hydrogens is 225 g/mol. The van der Waals surface area contributed by atoms with Crippen molar-refractivity contribution in [3.05, 3.63) is 28.5 Å². The van der Waals surface area contributed by atoms with Crippen molar-refractivity contribution in [2.45, 2.75) is 0 Å². The number of aromatic carboxylic acids is 1. The minimum Gasteiger partial charge on any atom is -0.478 e. The quantitative estimate of drug-likeness (QED) is 0.456. The van der Waals surface area contributed by atoms with Gasteiger partial charge in [-0.2, -0.15) is 0 Å². The van der Waals surface area contributed by atoms with E-state index in [2.05, 4.69) is 16.8 Å². The molecule has 0 radical (unpaired) electrons. The standard InChI is InChI=1S/C9H5Cl2NO2/c10-3-1-2-6-5-12-8(11)4-7(6)9(13)14/h4-5H,3H2,(H,13,14). The lowest BCUT2D eigenvalue weighted by molar-refractivity contribution is 0.0696. The summed E-state index contributed by atoms with van der Waals surface area (Å²) in [6.07, 6.45) is 1.31. The van der Waals surface area contributed by atoms with E-state index in [9.17, 15) is 4.79 Å². The van der Waals surface area contributed by atoms with E-state index < -0.39 is 5.97 Å². The number of aromatic nitrogens is 1. The molecule has 1 aromatic heterocycles. The van der Waals surface area contributed by atoms with Crippen LogP contribution in [0.2, 0.25) is 5.15 Å². The van der Waals surface area contributed by atoms with E-state index in [-0.39, 0.29) is 16.6 Å². The molecule has 0 unspecified atom stereocenters. The average molecular weight is 230 g/mol. The highest BCUT2D eigenvalue weighted by Crippen LogP contribution is 2.12. The average Bonchev–Trinajstić information content (AvgIpc) is 2.15. The second-order valence-electron chi connectivity index (χ2n) is 2.29. The van der Waals surface area contributed by atoms with E-state index >= 15 is 0 Å². The maximum absolute atomic E-state index is 10.7. The molecule has 0 amide bonds. The van der Waals surface area contributed by atoms with Gasteiger partial charge in [0, 0.05) is 6.20 Å². The maximum atomic E-state index is 10.7. The summed E-state index contributed by atoms with van der Waals surface area (Å²) in [7, 11) is 0. The lowest BCUT2D eigenvalue weighted by atomic mass is 10.1. The number of carbonyl (C=O) groups is 1. The van der Waals surface area contributed by atoms with E-state index in [0.717, 1.165) is 0 Å². The second kappa shape index (κ2) is 4.85. The van der Waals surface area contributed by atoms with Gasteiger partial charge in [0.25, 0.3) is 0 Å². The molecule has 14 heavy (non-hydrogen) atoms. The SMILES string of the molecule is O=C(O)c1cc(Cl)ncc1C#CCCl. The second-order valence-corrected chi connectivity index (χ2v) is 2.95. The van der Waals surface area contributed by atoms with Crippen LogP contribution in [0.4, 0.5) is 0 Å². The van der Waals surface area contributed by atoms with Gasteiger partial charge in [0.05, 0.1) is 17.0 Å². The molecule has 0 saturated carbocycles. The third kappa shape index (κ3) is 2.63. The van der Waals surface area contributed by atoms with Gasteiger partial charge < -0.3 is 5.11 Å². The van der Waals surface area contributed by atoms with E-state index in [0.29, 0.717) is 5.56 Å².